The number of amides is 2. The van der Waals surface area contributed by atoms with Crippen LogP contribution in [-0.4, -0.2) is 35.1 Å². The molecule has 0 spiro atoms. The predicted molar refractivity (Wildman–Crippen MR) is 80.7 cm³/mol. The first-order valence-electron chi connectivity index (χ1n) is 6.55. The molecule has 1 heterocycles. The number of piperidine rings is 1. The van der Waals surface area contributed by atoms with Crippen LogP contribution in [0.4, 0.5) is 0 Å². The zero-order valence-electron chi connectivity index (χ0n) is 11.0. The maximum atomic E-state index is 12.3. The number of primary amides is 1. The maximum absolute atomic E-state index is 12.3. The molecule has 1 aliphatic heterocycles. The molecule has 2 amide bonds. The minimum absolute atomic E-state index is 0.0570. The van der Waals surface area contributed by atoms with E-state index in [0.29, 0.717) is 18.0 Å². The van der Waals surface area contributed by atoms with E-state index in [0.717, 1.165) is 17.7 Å². The summed E-state index contributed by atoms with van der Waals surface area (Å²) in [4.78, 5) is 26.1. The van der Waals surface area contributed by atoms with Crippen LogP contribution in [-0.2, 0) is 9.59 Å². The summed E-state index contributed by atoms with van der Waals surface area (Å²) in [5.41, 5.74) is 5.37. The van der Waals surface area contributed by atoms with Crippen molar-refractivity contribution in [1.82, 2.24) is 4.90 Å². The third-order valence-corrected chi connectivity index (χ3v) is 4.84. The van der Waals surface area contributed by atoms with E-state index in [2.05, 4.69) is 0 Å². The van der Waals surface area contributed by atoms with Crippen LogP contribution in [0.2, 0.25) is 5.02 Å². The van der Waals surface area contributed by atoms with E-state index in [1.54, 1.807) is 11.0 Å². The Morgan fingerprint density at radius 1 is 1.35 bits per heavy atom. The number of hydrogen-bond donors (Lipinski definition) is 1. The third-order valence-electron chi connectivity index (χ3n) is 3.34. The zero-order valence-corrected chi connectivity index (χ0v) is 12.6. The number of likely N-dealkylation sites (tertiary alicyclic amines) is 1. The van der Waals surface area contributed by atoms with Crippen LogP contribution in [0.3, 0.4) is 0 Å². The molecule has 0 unspecified atom stereocenters. The molecule has 6 heteroatoms. The smallest absolute Gasteiger partial charge is 0.240 e. The Morgan fingerprint density at radius 2 is 2.10 bits per heavy atom. The molecule has 20 heavy (non-hydrogen) atoms. The SMILES string of the molecule is NC(=O)[C@H]1CCCCN1C(=O)CSc1ccccc1Cl. The molecule has 1 saturated heterocycles. The van der Waals surface area contributed by atoms with Crippen molar-refractivity contribution in [3.8, 4) is 0 Å². The lowest BCUT2D eigenvalue weighted by Crippen LogP contribution is -2.51. The van der Waals surface area contributed by atoms with Gasteiger partial charge in [-0.2, -0.15) is 0 Å². The fourth-order valence-corrected chi connectivity index (χ4v) is 3.43. The maximum Gasteiger partial charge on any atom is 0.240 e. The van der Waals surface area contributed by atoms with Crippen LogP contribution in [0, 0.1) is 0 Å². The Labute approximate surface area is 127 Å². The number of nitrogens with zero attached hydrogens (tertiary/aromatic N) is 1. The Balaban J connectivity index is 1.97. The highest BCUT2D eigenvalue weighted by Crippen LogP contribution is 2.27. The van der Waals surface area contributed by atoms with Gasteiger partial charge in [-0.15, -0.1) is 11.8 Å². The molecular weight excluding hydrogens is 296 g/mol. The zero-order chi connectivity index (χ0) is 14.5. The lowest BCUT2D eigenvalue weighted by molar-refractivity contribution is -0.138. The van der Waals surface area contributed by atoms with Gasteiger partial charge in [0.05, 0.1) is 10.8 Å². The summed E-state index contributed by atoms with van der Waals surface area (Å²) >= 11 is 7.44. The van der Waals surface area contributed by atoms with E-state index in [1.165, 1.54) is 11.8 Å². The second-order valence-electron chi connectivity index (χ2n) is 4.72. The van der Waals surface area contributed by atoms with E-state index in [9.17, 15) is 9.59 Å². The summed E-state index contributed by atoms with van der Waals surface area (Å²) in [5.74, 6) is -0.202. The molecule has 1 aromatic rings. The van der Waals surface area contributed by atoms with E-state index in [4.69, 9.17) is 17.3 Å². The number of nitrogens with two attached hydrogens (primary N) is 1. The first kappa shape index (κ1) is 15.2. The third kappa shape index (κ3) is 3.67. The highest BCUT2D eigenvalue weighted by molar-refractivity contribution is 8.00. The van der Waals surface area contributed by atoms with Crippen LogP contribution in [0.5, 0.6) is 0 Å². The summed E-state index contributed by atoms with van der Waals surface area (Å²) in [6.45, 7) is 0.607. The van der Waals surface area contributed by atoms with Gasteiger partial charge in [0.1, 0.15) is 6.04 Å². The molecular formula is C14H17ClN2O2S. The molecule has 0 aromatic heterocycles. The second kappa shape index (κ2) is 6.99. The number of rotatable bonds is 4. The average molecular weight is 313 g/mol. The standard InChI is InChI=1S/C14H17ClN2O2S/c15-10-5-1-2-7-12(10)20-9-13(18)17-8-4-3-6-11(17)14(16)19/h1-2,5,7,11H,3-4,6,8-9H2,(H2,16,19)/t11-/m1/s1. The molecule has 1 aliphatic rings. The number of hydrogen-bond acceptors (Lipinski definition) is 3. The normalized spacial score (nSPS) is 18.9. The van der Waals surface area contributed by atoms with Gasteiger partial charge in [0.2, 0.25) is 11.8 Å². The monoisotopic (exact) mass is 312 g/mol. The minimum atomic E-state index is -0.455. The molecule has 0 saturated carbocycles. The molecule has 1 fully saturated rings. The van der Waals surface area contributed by atoms with Crippen molar-refractivity contribution in [1.29, 1.82) is 0 Å². The minimum Gasteiger partial charge on any atom is -0.368 e. The van der Waals surface area contributed by atoms with Crippen LogP contribution in [0.1, 0.15) is 19.3 Å². The van der Waals surface area contributed by atoms with Gasteiger partial charge in [-0.05, 0) is 31.4 Å². The predicted octanol–water partition coefficient (Wildman–Crippen LogP) is 2.30. The van der Waals surface area contributed by atoms with Crippen LogP contribution < -0.4 is 5.73 Å². The van der Waals surface area contributed by atoms with Crippen LogP contribution in [0.25, 0.3) is 0 Å². The summed E-state index contributed by atoms with van der Waals surface area (Å²) in [5, 5.41) is 0.635. The molecule has 1 aromatic carbocycles. The topological polar surface area (TPSA) is 63.4 Å². The summed E-state index contributed by atoms with van der Waals surface area (Å²) in [6.07, 6.45) is 2.53. The van der Waals surface area contributed by atoms with Crippen LogP contribution >= 0.6 is 23.4 Å². The first-order valence-corrected chi connectivity index (χ1v) is 7.92. The summed E-state index contributed by atoms with van der Waals surface area (Å²) in [6, 6.07) is 6.94. The van der Waals surface area contributed by atoms with Crippen molar-refractivity contribution < 1.29 is 9.59 Å². The Morgan fingerprint density at radius 3 is 2.80 bits per heavy atom. The van der Waals surface area contributed by atoms with Gasteiger partial charge < -0.3 is 10.6 Å². The molecule has 1 atom stereocenters. The fourth-order valence-electron chi connectivity index (χ4n) is 2.31. The van der Waals surface area contributed by atoms with Crippen molar-refractivity contribution in [2.75, 3.05) is 12.3 Å². The number of carbonyl (C=O) groups is 2. The molecule has 0 bridgehead atoms. The molecule has 2 rings (SSSR count). The van der Waals surface area contributed by atoms with Crippen molar-refractivity contribution in [2.45, 2.75) is 30.2 Å². The van der Waals surface area contributed by atoms with Crippen molar-refractivity contribution in [3.63, 3.8) is 0 Å². The molecule has 2 N–H and O–H groups in total. The second-order valence-corrected chi connectivity index (χ2v) is 6.14. The first-order chi connectivity index (χ1) is 9.59. The lowest BCUT2D eigenvalue weighted by atomic mass is 10.0. The Bertz CT molecular complexity index is 510. The van der Waals surface area contributed by atoms with Gasteiger partial charge in [-0.25, -0.2) is 0 Å². The number of carbonyl (C=O) groups excluding carboxylic acids is 2. The molecule has 0 radical (unpaired) electrons. The van der Waals surface area contributed by atoms with Gasteiger partial charge in [0, 0.05) is 11.4 Å². The van der Waals surface area contributed by atoms with E-state index in [-0.39, 0.29) is 11.7 Å². The largest absolute Gasteiger partial charge is 0.368 e. The molecule has 0 aliphatic carbocycles. The summed E-state index contributed by atoms with van der Waals surface area (Å²) < 4.78 is 0. The summed E-state index contributed by atoms with van der Waals surface area (Å²) in [7, 11) is 0. The highest BCUT2D eigenvalue weighted by atomic mass is 35.5. The van der Waals surface area contributed by atoms with Gasteiger partial charge in [0.15, 0.2) is 0 Å². The Hall–Kier alpha value is -1.20. The Kier molecular flexibility index (Phi) is 5.31. The van der Waals surface area contributed by atoms with Gasteiger partial charge >= 0.3 is 0 Å². The van der Waals surface area contributed by atoms with E-state index >= 15 is 0 Å². The van der Waals surface area contributed by atoms with E-state index < -0.39 is 11.9 Å². The van der Waals surface area contributed by atoms with Gasteiger partial charge in [0.25, 0.3) is 0 Å². The van der Waals surface area contributed by atoms with E-state index in [1.807, 2.05) is 18.2 Å². The molecule has 108 valence electrons. The fraction of sp³-hybridized carbons (Fsp3) is 0.429. The number of halogens is 1. The van der Waals surface area contributed by atoms with Gasteiger partial charge in [-0.1, -0.05) is 23.7 Å². The number of benzene rings is 1. The quantitative estimate of drug-likeness (QED) is 0.868. The lowest BCUT2D eigenvalue weighted by Gasteiger charge is -2.33. The average Bonchev–Trinajstić information content (AvgIpc) is 2.46. The molecule has 4 nitrogen and oxygen atoms in total. The van der Waals surface area contributed by atoms with Crippen molar-refractivity contribution in [3.05, 3.63) is 29.3 Å². The van der Waals surface area contributed by atoms with Gasteiger partial charge in [-0.3, -0.25) is 9.59 Å². The highest BCUT2D eigenvalue weighted by Gasteiger charge is 2.30. The number of thioether (sulfide) groups is 1. The van der Waals surface area contributed by atoms with Crippen LogP contribution in [0.15, 0.2) is 29.2 Å². The van der Waals surface area contributed by atoms with Crippen molar-refractivity contribution >= 4 is 35.2 Å². The van der Waals surface area contributed by atoms with Crippen molar-refractivity contribution in [2.24, 2.45) is 5.73 Å².